The molecule has 2 heteroatoms. The summed E-state index contributed by atoms with van der Waals surface area (Å²) in [6.07, 6.45) is 0. The van der Waals surface area contributed by atoms with Crippen molar-refractivity contribution in [3.8, 4) is 0 Å². The van der Waals surface area contributed by atoms with E-state index < -0.39 is 0 Å². The van der Waals surface area contributed by atoms with Gasteiger partial charge >= 0.3 is 19.5 Å². The zero-order valence-corrected chi connectivity index (χ0v) is 9.70. The van der Waals surface area contributed by atoms with Crippen molar-refractivity contribution in [2.75, 3.05) is 0 Å². The molecule has 0 aliphatic carbocycles. The molecule has 0 saturated heterocycles. The Morgan fingerprint density at radius 1 is 0.583 bits per heavy atom. The summed E-state index contributed by atoms with van der Waals surface area (Å²) in [5.41, 5.74) is 0. The Labute approximate surface area is 84.5 Å². The van der Waals surface area contributed by atoms with Crippen LogP contribution in [0, 0.1) is 0 Å². The number of fused-ring (bicyclic) bond motifs is 1. The van der Waals surface area contributed by atoms with E-state index in [1.54, 1.807) is 0 Å². The smallest absolute Gasteiger partial charge is 2.00 e. The van der Waals surface area contributed by atoms with Gasteiger partial charge in [0, 0.05) is 0 Å². The minimum absolute atomic E-state index is 0. The zero-order valence-electron chi connectivity index (χ0n) is 6.73. The first kappa shape index (κ1) is 11.3. The maximum Gasteiger partial charge on any atom is 2.00 e. The van der Waals surface area contributed by atoms with Crippen molar-refractivity contribution in [1.82, 2.24) is 0 Å². The topological polar surface area (TPSA) is 28.5 Å². The van der Waals surface area contributed by atoms with Crippen molar-refractivity contribution < 1.29 is 25.0 Å². The molecule has 0 N–H and O–H groups in total. The molecular weight excluding hydrogens is 201 g/mol. The third kappa shape index (κ3) is 2.13. The molecule has 0 bridgehead atoms. The van der Waals surface area contributed by atoms with Crippen LogP contribution in [0.4, 0.5) is 0 Å². The standard InChI is InChI=1S/C10H8.O.Zn/c1-2-6-10-8-4-3-7-9(10)5-1;;/h1-8H;;/q;-2;+2. The van der Waals surface area contributed by atoms with Crippen LogP contribution in [0.25, 0.3) is 10.8 Å². The van der Waals surface area contributed by atoms with Gasteiger partial charge in [0.05, 0.1) is 0 Å². The van der Waals surface area contributed by atoms with E-state index in [-0.39, 0.29) is 25.0 Å². The van der Waals surface area contributed by atoms with Crippen LogP contribution in [0.3, 0.4) is 0 Å². The van der Waals surface area contributed by atoms with Crippen LogP contribution >= 0.6 is 0 Å². The van der Waals surface area contributed by atoms with Gasteiger partial charge in [0.15, 0.2) is 0 Å². The fourth-order valence-electron chi connectivity index (χ4n) is 1.13. The Kier molecular flexibility index (Phi) is 4.72. The van der Waals surface area contributed by atoms with Crippen molar-refractivity contribution in [1.29, 1.82) is 0 Å². The quantitative estimate of drug-likeness (QED) is 0.597. The molecule has 0 fully saturated rings. The number of hydrogen-bond acceptors (Lipinski definition) is 0. The molecule has 1 nitrogen and oxygen atoms in total. The first-order valence-corrected chi connectivity index (χ1v) is 3.40. The van der Waals surface area contributed by atoms with Crippen molar-refractivity contribution in [3.63, 3.8) is 0 Å². The molecule has 0 heterocycles. The van der Waals surface area contributed by atoms with E-state index in [1.165, 1.54) is 10.8 Å². The molecule has 0 amide bonds. The summed E-state index contributed by atoms with van der Waals surface area (Å²) in [5.74, 6) is 0. The van der Waals surface area contributed by atoms with Crippen LogP contribution in [0.2, 0.25) is 0 Å². The Hall–Kier alpha value is -0.717. The van der Waals surface area contributed by atoms with E-state index in [0.29, 0.717) is 0 Å². The van der Waals surface area contributed by atoms with Crippen molar-refractivity contribution >= 4 is 10.8 Å². The molecule has 56 valence electrons. The van der Waals surface area contributed by atoms with E-state index in [4.69, 9.17) is 0 Å². The number of benzene rings is 2. The van der Waals surface area contributed by atoms with Crippen LogP contribution in [0.5, 0.6) is 0 Å². The van der Waals surface area contributed by atoms with Gasteiger partial charge in [-0.25, -0.2) is 0 Å². The van der Waals surface area contributed by atoms with Crippen LogP contribution in [0.15, 0.2) is 48.5 Å². The van der Waals surface area contributed by atoms with E-state index >= 15 is 0 Å². The molecule has 0 aliphatic heterocycles. The minimum atomic E-state index is 0. The molecule has 0 saturated carbocycles. The largest absolute Gasteiger partial charge is 2.00 e. The molecule has 0 spiro atoms. The fourth-order valence-corrected chi connectivity index (χ4v) is 1.13. The molecule has 12 heavy (non-hydrogen) atoms. The monoisotopic (exact) mass is 208 g/mol. The van der Waals surface area contributed by atoms with Gasteiger partial charge in [-0.1, -0.05) is 48.5 Å². The van der Waals surface area contributed by atoms with E-state index in [1.807, 2.05) is 0 Å². The van der Waals surface area contributed by atoms with Crippen LogP contribution in [-0.4, -0.2) is 0 Å². The second-order valence-corrected chi connectivity index (χ2v) is 2.35. The molecule has 2 aromatic carbocycles. The Morgan fingerprint density at radius 2 is 0.833 bits per heavy atom. The van der Waals surface area contributed by atoms with Gasteiger partial charge in [0.2, 0.25) is 0 Å². The summed E-state index contributed by atoms with van der Waals surface area (Å²) in [7, 11) is 0. The Morgan fingerprint density at radius 3 is 1.08 bits per heavy atom. The predicted octanol–water partition coefficient (Wildman–Crippen LogP) is 2.72. The first-order chi connectivity index (χ1) is 4.97. The van der Waals surface area contributed by atoms with Crippen molar-refractivity contribution in [2.24, 2.45) is 0 Å². The van der Waals surface area contributed by atoms with E-state index in [2.05, 4.69) is 48.5 Å². The molecule has 0 radical (unpaired) electrons. The third-order valence-electron chi connectivity index (χ3n) is 1.66. The second kappa shape index (κ2) is 5.02. The summed E-state index contributed by atoms with van der Waals surface area (Å²) in [5, 5.41) is 2.62. The molecule has 2 rings (SSSR count). The SMILES string of the molecule is [O-2].[Zn+2].c1ccc2ccccc2c1. The van der Waals surface area contributed by atoms with Gasteiger partial charge in [-0.2, -0.15) is 0 Å². The summed E-state index contributed by atoms with van der Waals surface area (Å²) in [4.78, 5) is 0. The number of rotatable bonds is 0. The average Bonchev–Trinajstić information content (AvgIpc) is 2.05. The maximum atomic E-state index is 2.12. The van der Waals surface area contributed by atoms with Gasteiger partial charge in [0.1, 0.15) is 0 Å². The molecule has 0 atom stereocenters. The van der Waals surface area contributed by atoms with Gasteiger partial charge in [-0.15, -0.1) is 0 Å². The fraction of sp³-hybridized carbons (Fsp3) is 0. The zero-order chi connectivity index (χ0) is 6.81. The van der Waals surface area contributed by atoms with Crippen molar-refractivity contribution in [2.45, 2.75) is 0 Å². The molecule has 2 aromatic rings. The normalized spacial score (nSPS) is 8.33. The Bertz CT molecular complexity index is 281. The van der Waals surface area contributed by atoms with Crippen LogP contribution in [-0.2, 0) is 25.0 Å². The van der Waals surface area contributed by atoms with Gasteiger partial charge < -0.3 is 5.48 Å². The van der Waals surface area contributed by atoms with Gasteiger partial charge in [-0.3, -0.25) is 0 Å². The van der Waals surface area contributed by atoms with Gasteiger partial charge in [-0.05, 0) is 10.8 Å². The average molecular weight is 210 g/mol. The molecule has 0 aromatic heterocycles. The summed E-state index contributed by atoms with van der Waals surface area (Å²) < 4.78 is 0. The molecule has 0 aliphatic rings. The predicted molar refractivity (Wildman–Crippen MR) is 44.6 cm³/mol. The summed E-state index contributed by atoms with van der Waals surface area (Å²) in [6.45, 7) is 0. The van der Waals surface area contributed by atoms with Crippen LogP contribution < -0.4 is 0 Å². The third-order valence-corrected chi connectivity index (χ3v) is 1.66. The Balaban J connectivity index is 0.000000605. The molecule has 0 unspecified atom stereocenters. The first-order valence-electron chi connectivity index (χ1n) is 3.40. The van der Waals surface area contributed by atoms with E-state index in [0.717, 1.165) is 0 Å². The summed E-state index contributed by atoms with van der Waals surface area (Å²) >= 11 is 0. The molecular formula is C10H8OZn. The van der Waals surface area contributed by atoms with Crippen LogP contribution in [0.1, 0.15) is 0 Å². The minimum Gasteiger partial charge on any atom is -2.00 e. The van der Waals surface area contributed by atoms with Gasteiger partial charge in [0.25, 0.3) is 0 Å². The number of hydrogen-bond donors (Lipinski definition) is 0. The van der Waals surface area contributed by atoms with Crippen molar-refractivity contribution in [3.05, 3.63) is 48.5 Å². The maximum absolute atomic E-state index is 2.12. The second-order valence-electron chi connectivity index (χ2n) is 2.35. The van der Waals surface area contributed by atoms with E-state index in [9.17, 15) is 0 Å². The summed E-state index contributed by atoms with van der Waals surface area (Å²) in [6, 6.07) is 16.7.